The van der Waals surface area contributed by atoms with Crippen molar-refractivity contribution in [3.05, 3.63) is 47.8 Å². The van der Waals surface area contributed by atoms with E-state index in [1.807, 2.05) is 19.4 Å². The van der Waals surface area contributed by atoms with Crippen LogP contribution in [0.15, 0.2) is 36.7 Å². The maximum Gasteiger partial charge on any atom is 0.236 e. The summed E-state index contributed by atoms with van der Waals surface area (Å²) in [6.07, 6.45) is 6.86. The molecule has 0 bridgehead atoms. The van der Waals surface area contributed by atoms with Gasteiger partial charge in [0.25, 0.3) is 0 Å². The van der Waals surface area contributed by atoms with E-state index in [4.69, 9.17) is 0 Å². The van der Waals surface area contributed by atoms with Gasteiger partial charge < -0.3 is 15.2 Å². The van der Waals surface area contributed by atoms with Gasteiger partial charge in [-0.1, -0.05) is 19.9 Å². The number of nitrogens with one attached hydrogen (secondary N) is 3. The molecule has 3 aromatic heterocycles. The molecule has 2 saturated heterocycles. The van der Waals surface area contributed by atoms with E-state index in [-0.39, 0.29) is 5.91 Å². The second-order valence-electron chi connectivity index (χ2n) is 11.0. The lowest BCUT2D eigenvalue weighted by molar-refractivity contribution is -0.133. The smallest absolute Gasteiger partial charge is 0.236 e. The van der Waals surface area contributed by atoms with Gasteiger partial charge in [0.2, 0.25) is 5.91 Å². The molecule has 2 fully saturated rings. The number of pyridine rings is 1. The van der Waals surface area contributed by atoms with E-state index in [0.717, 1.165) is 73.2 Å². The SMILES string of the molecule is CNC1CCN(CC(=O)N2CCC(c3ccc4[nH]c(-c5ccnc6[nH]ncc56)c(C(C)C)c4c3)CC2)C1. The summed E-state index contributed by atoms with van der Waals surface area (Å²) in [5.74, 6) is 1.13. The Morgan fingerprint density at radius 2 is 1.97 bits per heavy atom. The van der Waals surface area contributed by atoms with E-state index in [0.29, 0.717) is 24.4 Å². The summed E-state index contributed by atoms with van der Waals surface area (Å²) in [6, 6.07) is 9.49. The Balaban J connectivity index is 1.21. The second kappa shape index (κ2) is 9.91. The predicted octanol–water partition coefficient (Wildman–Crippen LogP) is 4.23. The first-order chi connectivity index (χ1) is 18.0. The molecule has 37 heavy (non-hydrogen) atoms. The van der Waals surface area contributed by atoms with E-state index in [9.17, 15) is 4.79 Å². The van der Waals surface area contributed by atoms with Gasteiger partial charge in [-0.2, -0.15) is 5.10 Å². The van der Waals surface area contributed by atoms with Gasteiger partial charge in [0.1, 0.15) is 0 Å². The Kier molecular flexibility index (Phi) is 6.46. The van der Waals surface area contributed by atoms with Crippen molar-refractivity contribution in [3.63, 3.8) is 0 Å². The number of rotatable bonds is 6. The maximum absolute atomic E-state index is 12.9. The van der Waals surface area contributed by atoms with Crippen LogP contribution in [-0.4, -0.2) is 81.7 Å². The molecule has 3 N–H and O–H groups in total. The lowest BCUT2D eigenvalue weighted by atomic mass is 9.87. The zero-order chi connectivity index (χ0) is 25.5. The molecule has 2 aliphatic heterocycles. The van der Waals surface area contributed by atoms with Crippen LogP contribution in [0.4, 0.5) is 0 Å². The second-order valence-corrected chi connectivity index (χ2v) is 11.0. The van der Waals surface area contributed by atoms with Gasteiger partial charge in [0, 0.05) is 60.3 Å². The van der Waals surface area contributed by atoms with Crippen LogP contribution in [0.1, 0.15) is 56.1 Å². The minimum atomic E-state index is 0.283. The molecule has 194 valence electrons. The Morgan fingerprint density at radius 1 is 1.14 bits per heavy atom. The molecular weight excluding hydrogens is 462 g/mol. The van der Waals surface area contributed by atoms with Gasteiger partial charge in [-0.15, -0.1) is 0 Å². The summed E-state index contributed by atoms with van der Waals surface area (Å²) >= 11 is 0. The quantitative estimate of drug-likeness (QED) is 0.369. The molecule has 1 atom stereocenters. The summed E-state index contributed by atoms with van der Waals surface area (Å²) in [4.78, 5) is 25.4. The van der Waals surface area contributed by atoms with Crippen LogP contribution >= 0.6 is 0 Å². The number of H-pyrrole nitrogens is 2. The Morgan fingerprint density at radius 3 is 2.73 bits per heavy atom. The number of hydrogen-bond acceptors (Lipinski definition) is 5. The molecule has 5 heterocycles. The molecular formula is C29H37N7O. The fraction of sp³-hybridized carbons (Fsp3) is 0.483. The van der Waals surface area contributed by atoms with Crippen molar-refractivity contribution in [1.29, 1.82) is 0 Å². The number of carbonyl (C=O) groups excluding carboxylic acids is 1. The first kappa shape index (κ1) is 24.1. The standard InChI is InChI=1S/C29H37N7O/c1-18(2)27-23-14-20(4-5-25(23)33-28(27)22-6-10-31-29-24(22)15-32-34-29)19-7-12-36(13-8-19)26(37)17-35-11-9-21(16-35)30-3/h4-6,10,14-15,18-19,21,30,33H,7-9,11-13,16-17H2,1-3H3,(H,31,32,34). The first-order valence-corrected chi connectivity index (χ1v) is 13.6. The topological polar surface area (TPSA) is 92.9 Å². The minimum absolute atomic E-state index is 0.283. The molecule has 2 aliphatic rings. The van der Waals surface area contributed by atoms with Crippen molar-refractivity contribution in [2.45, 2.75) is 51.0 Å². The van der Waals surface area contributed by atoms with Gasteiger partial charge in [-0.3, -0.25) is 14.8 Å². The highest BCUT2D eigenvalue weighted by atomic mass is 16.2. The number of aromatic nitrogens is 4. The number of benzene rings is 1. The summed E-state index contributed by atoms with van der Waals surface area (Å²) in [5.41, 5.74) is 6.97. The molecule has 1 amide bonds. The number of piperidine rings is 1. The number of hydrogen-bond donors (Lipinski definition) is 3. The Bertz CT molecular complexity index is 1410. The number of nitrogens with zero attached hydrogens (tertiary/aromatic N) is 4. The molecule has 1 unspecified atom stereocenters. The van der Waals surface area contributed by atoms with Gasteiger partial charge in [-0.25, -0.2) is 4.98 Å². The molecule has 0 spiro atoms. The number of carbonyl (C=O) groups is 1. The third-order valence-electron chi connectivity index (χ3n) is 8.42. The molecule has 0 saturated carbocycles. The fourth-order valence-corrected chi connectivity index (χ4v) is 6.33. The van der Waals surface area contributed by atoms with Crippen LogP contribution < -0.4 is 5.32 Å². The minimum Gasteiger partial charge on any atom is -0.354 e. The predicted molar refractivity (Wildman–Crippen MR) is 148 cm³/mol. The van der Waals surface area contributed by atoms with Crippen molar-refractivity contribution in [3.8, 4) is 11.3 Å². The first-order valence-electron chi connectivity index (χ1n) is 13.6. The molecule has 8 nitrogen and oxygen atoms in total. The largest absolute Gasteiger partial charge is 0.354 e. The van der Waals surface area contributed by atoms with Crippen molar-refractivity contribution in [2.75, 3.05) is 39.8 Å². The molecule has 6 rings (SSSR count). The highest BCUT2D eigenvalue weighted by Crippen LogP contribution is 2.39. The van der Waals surface area contributed by atoms with Crippen LogP contribution in [0.3, 0.4) is 0 Å². The summed E-state index contributed by atoms with van der Waals surface area (Å²) in [5, 5.41) is 12.9. The average molecular weight is 500 g/mol. The summed E-state index contributed by atoms with van der Waals surface area (Å²) < 4.78 is 0. The van der Waals surface area contributed by atoms with E-state index in [1.54, 1.807) is 0 Å². The van der Waals surface area contributed by atoms with Gasteiger partial charge >= 0.3 is 0 Å². The average Bonchev–Trinajstić information content (AvgIpc) is 3.66. The van der Waals surface area contributed by atoms with Crippen LogP contribution in [-0.2, 0) is 4.79 Å². The number of amides is 1. The zero-order valence-corrected chi connectivity index (χ0v) is 22.1. The van der Waals surface area contributed by atoms with Crippen LogP contribution in [0.2, 0.25) is 0 Å². The third kappa shape index (κ3) is 4.53. The van der Waals surface area contributed by atoms with E-state index in [2.05, 4.69) is 73.4 Å². The Labute approximate surface area is 217 Å². The van der Waals surface area contributed by atoms with Crippen LogP contribution in [0, 0.1) is 0 Å². The van der Waals surface area contributed by atoms with Crippen molar-refractivity contribution >= 4 is 27.8 Å². The third-order valence-corrected chi connectivity index (χ3v) is 8.42. The lowest BCUT2D eigenvalue weighted by Crippen LogP contribution is -2.44. The van der Waals surface area contributed by atoms with E-state index < -0.39 is 0 Å². The van der Waals surface area contributed by atoms with E-state index >= 15 is 0 Å². The van der Waals surface area contributed by atoms with Gasteiger partial charge in [0.15, 0.2) is 5.65 Å². The van der Waals surface area contributed by atoms with Crippen molar-refractivity contribution in [1.82, 2.24) is 35.3 Å². The molecule has 0 aliphatic carbocycles. The number of fused-ring (bicyclic) bond motifs is 2. The normalized spacial score (nSPS) is 19.6. The maximum atomic E-state index is 12.9. The van der Waals surface area contributed by atoms with E-state index in [1.165, 1.54) is 16.5 Å². The van der Waals surface area contributed by atoms with Crippen molar-refractivity contribution < 1.29 is 4.79 Å². The molecule has 0 radical (unpaired) electrons. The van der Waals surface area contributed by atoms with Crippen LogP contribution in [0.5, 0.6) is 0 Å². The molecule has 4 aromatic rings. The number of likely N-dealkylation sites (N-methyl/N-ethyl adjacent to an activating group) is 1. The Hall–Kier alpha value is -3.23. The summed E-state index contributed by atoms with van der Waals surface area (Å²) in [6.45, 7) is 8.74. The van der Waals surface area contributed by atoms with Gasteiger partial charge in [-0.05, 0) is 67.5 Å². The fourth-order valence-electron chi connectivity index (χ4n) is 6.33. The number of likely N-dealkylation sites (tertiary alicyclic amines) is 2. The number of aromatic amines is 2. The monoisotopic (exact) mass is 499 g/mol. The highest BCUT2D eigenvalue weighted by Gasteiger charge is 2.28. The van der Waals surface area contributed by atoms with Crippen LogP contribution in [0.25, 0.3) is 33.2 Å². The van der Waals surface area contributed by atoms with Gasteiger partial charge in [0.05, 0.1) is 18.4 Å². The summed E-state index contributed by atoms with van der Waals surface area (Å²) in [7, 11) is 2.01. The molecule has 1 aromatic carbocycles. The lowest BCUT2D eigenvalue weighted by Gasteiger charge is -2.33. The van der Waals surface area contributed by atoms with Crippen molar-refractivity contribution in [2.24, 2.45) is 0 Å². The molecule has 8 heteroatoms. The highest BCUT2D eigenvalue weighted by molar-refractivity contribution is 5.98. The zero-order valence-electron chi connectivity index (χ0n) is 22.1.